The Hall–Kier alpha value is -2.56. The predicted molar refractivity (Wildman–Crippen MR) is 96.0 cm³/mol. The van der Waals surface area contributed by atoms with Gasteiger partial charge in [-0.3, -0.25) is 9.69 Å². The lowest BCUT2D eigenvalue weighted by Crippen LogP contribution is -2.50. The van der Waals surface area contributed by atoms with E-state index in [-0.39, 0.29) is 24.9 Å². The van der Waals surface area contributed by atoms with Crippen molar-refractivity contribution in [3.63, 3.8) is 0 Å². The van der Waals surface area contributed by atoms with Crippen molar-refractivity contribution in [2.75, 3.05) is 39.3 Å². The van der Waals surface area contributed by atoms with Gasteiger partial charge < -0.3 is 25.0 Å². The summed E-state index contributed by atoms with van der Waals surface area (Å²) in [6.45, 7) is 5.29. The number of aliphatic hydroxyl groups is 1. The van der Waals surface area contributed by atoms with Gasteiger partial charge in [0.15, 0.2) is 0 Å². The van der Waals surface area contributed by atoms with Crippen molar-refractivity contribution in [2.24, 2.45) is 0 Å². The zero-order valence-corrected chi connectivity index (χ0v) is 15.6. The van der Waals surface area contributed by atoms with Crippen molar-refractivity contribution in [3.8, 4) is 0 Å². The van der Waals surface area contributed by atoms with Crippen LogP contribution in [-0.4, -0.2) is 88.4 Å². The van der Waals surface area contributed by atoms with Crippen LogP contribution in [-0.2, 0) is 25.7 Å². The van der Waals surface area contributed by atoms with E-state index in [1.165, 1.54) is 6.07 Å². The molecule has 1 amide bonds. The molecule has 156 valence electrons. The standard InChI is InChI=1S/C16H23FN2O3.C2H2O4/c1-13(20)19-8-6-18(7-9-19)10-15(21)12-22-11-14-4-2-3-5-16(14)17;3-1(4)2(5)6/h2-5,15,21H,6-12H2,1H3;(H,3,4)(H,5,6). The Labute approximate surface area is 161 Å². The summed E-state index contributed by atoms with van der Waals surface area (Å²) in [6, 6.07) is 6.45. The van der Waals surface area contributed by atoms with Gasteiger partial charge in [0, 0.05) is 45.2 Å². The number of ether oxygens (including phenoxy) is 1. The average Bonchev–Trinajstić information content (AvgIpc) is 2.64. The minimum absolute atomic E-state index is 0.0911. The van der Waals surface area contributed by atoms with Crippen molar-refractivity contribution in [1.82, 2.24) is 9.80 Å². The quantitative estimate of drug-likeness (QED) is 0.571. The summed E-state index contributed by atoms with van der Waals surface area (Å²) in [4.78, 5) is 33.3. The first-order valence-electron chi connectivity index (χ1n) is 8.64. The molecular formula is C18H25FN2O7. The number of piperazine rings is 1. The molecule has 1 unspecified atom stereocenters. The smallest absolute Gasteiger partial charge is 0.414 e. The normalized spacial score (nSPS) is 15.3. The summed E-state index contributed by atoms with van der Waals surface area (Å²) >= 11 is 0. The van der Waals surface area contributed by atoms with E-state index in [1.54, 1.807) is 30.0 Å². The van der Waals surface area contributed by atoms with E-state index in [0.717, 1.165) is 13.1 Å². The summed E-state index contributed by atoms with van der Waals surface area (Å²) in [5.41, 5.74) is 0.491. The van der Waals surface area contributed by atoms with Crippen LogP contribution in [0.15, 0.2) is 24.3 Å². The van der Waals surface area contributed by atoms with Gasteiger partial charge in [0.1, 0.15) is 5.82 Å². The fraction of sp³-hybridized carbons (Fsp3) is 0.500. The number of carbonyl (C=O) groups excluding carboxylic acids is 1. The Kier molecular flexibility index (Phi) is 10.1. The molecule has 3 N–H and O–H groups in total. The van der Waals surface area contributed by atoms with E-state index in [0.29, 0.717) is 25.2 Å². The maximum absolute atomic E-state index is 13.4. The van der Waals surface area contributed by atoms with E-state index in [2.05, 4.69) is 4.90 Å². The maximum atomic E-state index is 13.4. The van der Waals surface area contributed by atoms with Gasteiger partial charge in [-0.05, 0) is 6.07 Å². The molecule has 0 saturated carbocycles. The predicted octanol–water partition coefficient (Wildman–Crippen LogP) is 0.0229. The molecule has 0 bridgehead atoms. The van der Waals surface area contributed by atoms with Crippen LogP contribution in [0, 0.1) is 5.82 Å². The van der Waals surface area contributed by atoms with Crippen LogP contribution in [0.5, 0.6) is 0 Å². The first kappa shape index (κ1) is 23.5. The van der Waals surface area contributed by atoms with Gasteiger partial charge in [-0.1, -0.05) is 18.2 Å². The largest absolute Gasteiger partial charge is 0.473 e. The number of β-amino-alcohol motifs (C(OH)–C–C–N with tert-alkyl or cyclic N) is 1. The highest BCUT2D eigenvalue weighted by atomic mass is 19.1. The number of nitrogens with zero attached hydrogens (tertiary/aromatic N) is 2. The topological polar surface area (TPSA) is 128 Å². The molecular weight excluding hydrogens is 375 g/mol. The number of halogens is 1. The van der Waals surface area contributed by atoms with Gasteiger partial charge in [0.2, 0.25) is 5.91 Å². The van der Waals surface area contributed by atoms with E-state index in [4.69, 9.17) is 24.5 Å². The first-order valence-corrected chi connectivity index (χ1v) is 8.64. The van der Waals surface area contributed by atoms with Crippen LogP contribution in [0.4, 0.5) is 4.39 Å². The van der Waals surface area contributed by atoms with Gasteiger partial charge in [-0.25, -0.2) is 14.0 Å². The van der Waals surface area contributed by atoms with Crippen LogP contribution in [0.1, 0.15) is 12.5 Å². The molecule has 28 heavy (non-hydrogen) atoms. The van der Waals surface area contributed by atoms with Crippen LogP contribution in [0.3, 0.4) is 0 Å². The summed E-state index contributed by atoms with van der Waals surface area (Å²) < 4.78 is 18.8. The lowest BCUT2D eigenvalue weighted by atomic mass is 10.2. The Balaban J connectivity index is 0.000000568. The van der Waals surface area contributed by atoms with Crippen LogP contribution in [0.2, 0.25) is 0 Å². The highest BCUT2D eigenvalue weighted by Crippen LogP contribution is 2.08. The minimum atomic E-state index is -1.82. The van der Waals surface area contributed by atoms with Crippen molar-refractivity contribution in [2.45, 2.75) is 19.6 Å². The third-order valence-corrected chi connectivity index (χ3v) is 4.00. The molecule has 9 nitrogen and oxygen atoms in total. The van der Waals surface area contributed by atoms with Crippen molar-refractivity contribution in [1.29, 1.82) is 0 Å². The number of carboxylic acid groups (broad SMARTS) is 2. The summed E-state index contributed by atoms with van der Waals surface area (Å²) in [5.74, 6) is -3.85. The Morgan fingerprint density at radius 1 is 1.11 bits per heavy atom. The summed E-state index contributed by atoms with van der Waals surface area (Å²) in [7, 11) is 0. The van der Waals surface area contributed by atoms with E-state index in [9.17, 15) is 14.3 Å². The molecule has 1 atom stereocenters. The molecule has 1 saturated heterocycles. The number of aliphatic hydroxyl groups excluding tert-OH is 1. The third-order valence-electron chi connectivity index (χ3n) is 4.00. The third kappa shape index (κ3) is 8.89. The molecule has 0 aromatic heterocycles. The molecule has 10 heteroatoms. The number of aliphatic carboxylic acids is 2. The Morgan fingerprint density at radius 2 is 1.68 bits per heavy atom. The zero-order chi connectivity index (χ0) is 21.1. The average molecular weight is 400 g/mol. The summed E-state index contributed by atoms with van der Waals surface area (Å²) in [5, 5.41) is 24.8. The fourth-order valence-corrected chi connectivity index (χ4v) is 2.52. The van der Waals surface area contributed by atoms with Gasteiger partial charge in [-0.15, -0.1) is 0 Å². The molecule has 1 heterocycles. The highest BCUT2D eigenvalue weighted by molar-refractivity contribution is 6.27. The second-order valence-electron chi connectivity index (χ2n) is 6.18. The van der Waals surface area contributed by atoms with Gasteiger partial charge >= 0.3 is 11.9 Å². The lowest BCUT2D eigenvalue weighted by molar-refractivity contribution is -0.159. The van der Waals surface area contributed by atoms with E-state index in [1.807, 2.05) is 0 Å². The number of amides is 1. The Morgan fingerprint density at radius 3 is 2.18 bits per heavy atom. The molecule has 2 rings (SSSR count). The highest BCUT2D eigenvalue weighted by Gasteiger charge is 2.20. The number of hydrogen-bond acceptors (Lipinski definition) is 6. The molecule has 1 aliphatic heterocycles. The van der Waals surface area contributed by atoms with Gasteiger partial charge in [-0.2, -0.15) is 0 Å². The molecule has 0 spiro atoms. The van der Waals surface area contributed by atoms with Crippen LogP contribution in [0.25, 0.3) is 0 Å². The number of rotatable bonds is 6. The number of benzene rings is 1. The maximum Gasteiger partial charge on any atom is 0.414 e. The molecule has 0 radical (unpaired) electrons. The molecule has 1 aromatic rings. The van der Waals surface area contributed by atoms with Gasteiger partial charge in [0.25, 0.3) is 0 Å². The lowest BCUT2D eigenvalue weighted by Gasteiger charge is -2.35. The second-order valence-corrected chi connectivity index (χ2v) is 6.18. The second kappa shape index (κ2) is 12.0. The van der Waals surface area contributed by atoms with Crippen molar-refractivity contribution in [3.05, 3.63) is 35.6 Å². The van der Waals surface area contributed by atoms with Gasteiger partial charge in [0.05, 0.1) is 19.3 Å². The number of hydrogen-bond donors (Lipinski definition) is 3. The van der Waals surface area contributed by atoms with E-state index >= 15 is 0 Å². The van der Waals surface area contributed by atoms with Crippen LogP contribution < -0.4 is 0 Å². The monoisotopic (exact) mass is 400 g/mol. The molecule has 1 aliphatic rings. The summed E-state index contributed by atoms with van der Waals surface area (Å²) in [6.07, 6.45) is -0.615. The van der Waals surface area contributed by atoms with Crippen LogP contribution >= 0.6 is 0 Å². The number of carbonyl (C=O) groups is 3. The van der Waals surface area contributed by atoms with Crippen molar-refractivity contribution < 1.29 is 38.8 Å². The zero-order valence-electron chi connectivity index (χ0n) is 15.6. The fourth-order valence-electron chi connectivity index (χ4n) is 2.52. The molecule has 1 aromatic carbocycles. The SMILES string of the molecule is CC(=O)N1CCN(CC(O)COCc2ccccc2F)CC1.O=C(O)C(=O)O. The minimum Gasteiger partial charge on any atom is -0.473 e. The molecule has 1 fully saturated rings. The van der Waals surface area contributed by atoms with Crippen molar-refractivity contribution >= 4 is 17.8 Å². The Bertz CT molecular complexity index is 651. The molecule has 0 aliphatic carbocycles. The first-order chi connectivity index (χ1) is 13.2. The van der Waals surface area contributed by atoms with E-state index < -0.39 is 18.0 Å². The number of carboxylic acids is 2.